The van der Waals surface area contributed by atoms with E-state index in [9.17, 15) is 0 Å². The third-order valence-electron chi connectivity index (χ3n) is 3.88. The molecule has 1 aliphatic heterocycles. The highest BCUT2D eigenvalue weighted by Crippen LogP contribution is 2.24. The first-order valence-electron chi connectivity index (χ1n) is 6.51. The van der Waals surface area contributed by atoms with E-state index in [1.54, 1.807) is 0 Å². The van der Waals surface area contributed by atoms with Gasteiger partial charge in [-0.3, -0.25) is 4.90 Å². The summed E-state index contributed by atoms with van der Waals surface area (Å²) in [5.41, 5.74) is 6.04. The molecule has 3 nitrogen and oxygen atoms in total. The van der Waals surface area contributed by atoms with Crippen LogP contribution in [0.25, 0.3) is 0 Å². The van der Waals surface area contributed by atoms with Crippen molar-refractivity contribution in [3.05, 3.63) is 0 Å². The Bertz CT molecular complexity index is 218. The minimum atomic E-state index is -0.0514. The minimum Gasteiger partial charge on any atom is -0.375 e. The summed E-state index contributed by atoms with van der Waals surface area (Å²) in [6.45, 7) is 13.8. The number of likely N-dealkylation sites (tertiary alicyclic amines) is 1. The van der Waals surface area contributed by atoms with Crippen molar-refractivity contribution in [2.75, 3.05) is 19.7 Å². The molecule has 16 heavy (non-hydrogen) atoms. The van der Waals surface area contributed by atoms with Crippen LogP contribution in [0.15, 0.2) is 0 Å². The highest BCUT2D eigenvalue weighted by Gasteiger charge is 2.33. The summed E-state index contributed by atoms with van der Waals surface area (Å²) in [5.74, 6) is 0.575. The van der Waals surface area contributed by atoms with Crippen LogP contribution in [-0.4, -0.2) is 42.3 Å². The van der Waals surface area contributed by atoms with Crippen LogP contribution in [0.2, 0.25) is 0 Å². The lowest BCUT2D eigenvalue weighted by molar-refractivity contribution is -0.0531. The first kappa shape index (κ1) is 13.9. The number of nitrogens with zero attached hydrogens (tertiary/aromatic N) is 1. The van der Waals surface area contributed by atoms with Gasteiger partial charge in [0.15, 0.2) is 0 Å². The lowest BCUT2D eigenvalue weighted by Gasteiger charge is -2.44. The number of rotatable bonds is 4. The second kappa shape index (κ2) is 5.48. The lowest BCUT2D eigenvalue weighted by atomic mass is 9.87. The fraction of sp³-hybridized carbons (Fsp3) is 1.00. The Hall–Kier alpha value is -0.120. The van der Waals surface area contributed by atoms with Crippen LogP contribution >= 0.6 is 0 Å². The molecule has 0 aromatic heterocycles. The van der Waals surface area contributed by atoms with Crippen LogP contribution in [0.3, 0.4) is 0 Å². The highest BCUT2D eigenvalue weighted by atomic mass is 16.5. The molecular weight excluding hydrogens is 200 g/mol. The van der Waals surface area contributed by atoms with Crippen LogP contribution in [-0.2, 0) is 4.74 Å². The highest BCUT2D eigenvalue weighted by molar-refractivity contribution is 4.89. The van der Waals surface area contributed by atoms with Crippen molar-refractivity contribution in [3.8, 4) is 0 Å². The predicted octanol–water partition coefficient (Wildman–Crippen LogP) is 1.86. The summed E-state index contributed by atoms with van der Waals surface area (Å²) in [6, 6.07) is 0.921. The molecule has 0 radical (unpaired) electrons. The van der Waals surface area contributed by atoms with E-state index in [1.165, 1.54) is 0 Å². The van der Waals surface area contributed by atoms with Crippen molar-refractivity contribution in [1.82, 2.24) is 4.90 Å². The summed E-state index contributed by atoms with van der Waals surface area (Å²) < 4.78 is 5.77. The zero-order chi connectivity index (χ0) is 12.3. The molecule has 0 aliphatic carbocycles. The number of nitrogens with two attached hydrogens (primary N) is 1. The third kappa shape index (κ3) is 3.44. The topological polar surface area (TPSA) is 38.5 Å². The second-order valence-electron chi connectivity index (χ2n) is 5.72. The van der Waals surface area contributed by atoms with Gasteiger partial charge in [0.05, 0.1) is 5.60 Å². The van der Waals surface area contributed by atoms with Crippen molar-refractivity contribution in [2.24, 2.45) is 11.7 Å². The SMILES string of the molecule is CCOC(C)(C)CN1CCC(N)C(C)C1C. The van der Waals surface area contributed by atoms with Gasteiger partial charge in [0, 0.05) is 31.8 Å². The summed E-state index contributed by atoms with van der Waals surface area (Å²) in [4.78, 5) is 2.52. The van der Waals surface area contributed by atoms with E-state index in [0.717, 1.165) is 26.1 Å². The van der Waals surface area contributed by atoms with Gasteiger partial charge in [0.2, 0.25) is 0 Å². The molecular formula is C13H28N2O. The molecule has 96 valence electrons. The predicted molar refractivity (Wildman–Crippen MR) is 68.5 cm³/mol. The molecule has 3 unspecified atom stereocenters. The average Bonchev–Trinajstić information content (AvgIpc) is 2.19. The molecule has 1 saturated heterocycles. The van der Waals surface area contributed by atoms with Crippen molar-refractivity contribution in [2.45, 2.75) is 58.7 Å². The van der Waals surface area contributed by atoms with Gasteiger partial charge in [-0.15, -0.1) is 0 Å². The summed E-state index contributed by atoms with van der Waals surface area (Å²) in [6.07, 6.45) is 1.10. The van der Waals surface area contributed by atoms with Gasteiger partial charge in [0.25, 0.3) is 0 Å². The van der Waals surface area contributed by atoms with Crippen molar-refractivity contribution in [3.63, 3.8) is 0 Å². The average molecular weight is 228 g/mol. The number of hydrogen-bond donors (Lipinski definition) is 1. The molecule has 0 saturated carbocycles. The summed E-state index contributed by atoms with van der Waals surface area (Å²) in [5, 5.41) is 0. The van der Waals surface area contributed by atoms with Crippen LogP contribution < -0.4 is 5.73 Å². The monoisotopic (exact) mass is 228 g/mol. The van der Waals surface area contributed by atoms with Crippen LogP contribution in [0, 0.1) is 5.92 Å². The van der Waals surface area contributed by atoms with Crippen molar-refractivity contribution >= 4 is 0 Å². The Labute approximate surface area is 100 Å². The molecule has 2 N–H and O–H groups in total. The van der Waals surface area contributed by atoms with E-state index in [0.29, 0.717) is 18.0 Å². The Balaban J connectivity index is 2.54. The maximum Gasteiger partial charge on any atom is 0.0752 e. The van der Waals surface area contributed by atoms with Gasteiger partial charge >= 0.3 is 0 Å². The minimum absolute atomic E-state index is 0.0514. The van der Waals surface area contributed by atoms with Crippen molar-refractivity contribution < 1.29 is 4.74 Å². The van der Waals surface area contributed by atoms with E-state index < -0.39 is 0 Å². The zero-order valence-electron chi connectivity index (χ0n) is 11.5. The Morgan fingerprint density at radius 2 is 2.00 bits per heavy atom. The molecule has 0 aromatic rings. The van der Waals surface area contributed by atoms with Gasteiger partial charge < -0.3 is 10.5 Å². The normalized spacial score (nSPS) is 33.0. The van der Waals surface area contributed by atoms with Gasteiger partial charge in [-0.05, 0) is 40.0 Å². The molecule has 1 heterocycles. The number of piperidine rings is 1. The molecule has 3 heteroatoms. The maximum absolute atomic E-state index is 6.10. The molecule has 0 amide bonds. The Kier molecular flexibility index (Phi) is 4.77. The standard InChI is InChI=1S/C13H28N2O/c1-6-16-13(4,5)9-15-8-7-12(14)10(2)11(15)3/h10-12H,6-9,14H2,1-5H3. The van der Waals surface area contributed by atoms with Crippen LogP contribution in [0.5, 0.6) is 0 Å². The van der Waals surface area contributed by atoms with Crippen molar-refractivity contribution in [1.29, 1.82) is 0 Å². The second-order valence-corrected chi connectivity index (χ2v) is 5.72. The fourth-order valence-electron chi connectivity index (χ4n) is 2.62. The van der Waals surface area contributed by atoms with E-state index in [1.807, 2.05) is 0 Å². The molecule has 1 fully saturated rings. The lowest BCUT2D eigenvalue weighted by Crippen LogP contribution is -2.55. The van der Waals surface area contributed by atoms with E-state index in [2.05, 4.69) is 39.5 Å². The van der Waals surface area contributed by atoms with E-state index in [4.69, 9.17) is 10.5 Å². The van der Waals surface area contributed by atoms with Gasteiger partial charge in [-0.25, -0.2) is 0 Å². The smallest absolute Gasteiger partial charge is 0.0752 e. The molecule has 0 spiro atoms. The molecule has 0 bridgehead atoms. The molecule has 1 rings (SSSR count). The maximum atomic E-state index is 6.10. The van der Waals surface area contributed by atoms with E-state index >= 15 is 0 Å². The van der Waals surface area contributed by atoms with Gasteiger partial charge in [-0.1, -0.05) is 6.92 Å². The van der Waals surface area contributed by atoms with E-state index in [-0.39, 0.29) is 5.60 Å². The number of hydrogen-bond acceptors (Lipinski definition) is 3. The Morgan fingerprint density at radius 3 is 2.56 bits per heavy atom. The van der Waals surface area contributed by atoms with Gasteiger partial charge in [-0.2, -0.15) is 0 Å². The fourth-order valence-corrected chi connectivity index (χ4v) is 2.62. The Morgan fingerprint density at radius 1 is 1.38 bits per heavy atom. The third-order valence-corrected chi connectivity index (χ3v) is 3.88. The molecule has 3 atom stereocenters. The summed E-state index contributed by atoms with van der Waals surface area (Å²) in [7, 11) is 0. The molecule has 1 aliphatic rings. The van der Waals surface area contributed by atoms with Gasteiger partial charge in [0.1, 0.15) is 0 Å². The first-order valence-corrected chi connectivity index (χ1v) is 6.51. The van der Waals surface area contributed by atoms with Crippen LogP contribution in [0.4, 0.5) is 0 Å². The zero-order valence-corrected chi connectivity index (χ0v) is 11.5. The largest absolute Gasteiger partial charge is 0.375 e. The summed E-state index contributed by atoms with van der Waals surface area (Å²) >= 11 is 0. The van der Waals surface area contributed by atoms with Crippen LogP contribution in [0.1, 0.15) is 41.0 Å². The number of ether oxygens (including phenoxy) is 1. The first-order chi connectivity index (χ1) is 7.37. The quantitative estimate of drug-likeness (QED) is 0.798. The molecule has 0 aromatic carbocycles.